The monoisotopic (exact) mass is 346 g/mol. The first-order chi connectivity index (χ1) is 10.6. The summed E-state index contributed by atoms with van der Waals surface area (Å²) in [4.78, 5) is 26.3. The van der Waals surface area contributed by atoms with Crippen LogP contribution in [0.15, 0.2) is 0 Å². The number of carbonyl (C=O) groups is 2. The molecule has 2 saturated heterocycles. The van der Waals surface area contributed by atoms with Gasteiger partial charge in [-0.2, -0.15) is 0 Å². The van der Waals surface area contributed by atoms with Crippen molar-refractivity contribution in [2.45, 2.75) is 64.1 Å². The number of nitrogens with zero attached hydrogens (tertiary/aromatic N) is 1. The molecular formula is C15H26N2O5S. The topological polar surface area (TPSA) is 92.8 Å². The molecule has 2 fully saturated rings. The first-order valence-electron chi connectivity index (χ1n) is 8.08. The van der Waals surface area contributed by atoms with Gasteiger partial charge in [-0.25, -0.2) is 13.2 Å². The van der Waals surface area contributed by atoms with Crippen LogP contribution in [0.2, 0.25) is 0 Å². The molecule has 1 N–H and O–H groups in total. The van der Waals surface area contributed by atoms with Gasteiger partial charge in [-0.3, -0.25) is 9.69 Å². The zero-order valence-electron chi connectivity index (χ0n) is 14.0. The molecule has 2 heterocycles. The summed E-state index contributed by atoms with van der Waals surface area (Å²) in [7, 11) is -3.05. The Balaban J connectivity index is 2.00. The van der Waals surface area contributed by atoms with Crippen molar-refractivity contribution in [1.29, 1.82) is 0 Å². The van der Waals surface area contributed by atoms with E-state index in [4.69, 9.17) is 4.74 Å². The number of rotatable bonds is 2. The Morgan fingerprint density at radius 1 is 1.17 bits per heavy atom. The van der Waals surface area contributed by atoms with Crippen LogP contribution in [0.1, 0.15) is 46.5 Å². The fourth-order valence-corrected chi connectivity index (χ4v) is 4.62. The highest BCUT2D eigenvalue weighted by atomic mass is 32.2. The van der Waals surface area contributed by atoms with Crippen molar-refractivity contribution >= 4 is 21.8 Å². The predicted molar refractivity (Wildman–Crippen MR) is 85.8 cm³/mol. The van der Waals surface area contributed by atoms with Gasteiger partial charge in [0.1, 0.15) is 11.6 Å². The third kappa shape index (κ3) is 5.09. The zero-order valence-corrected chi connectivity index (χ0v) is 14.8. The minimum atomic E-state index is -3.05. The van der Waals surface area contributed by atoms with E-state index in [9.17, 15) is 18.0 Å². The summed E-state index contributed by atoms with van der Waals surface area (Å²) in [5, 5.41) is 2.78. The summed E-state index contributed by atoms with van der Waals surface area (Å²) >= 11 is 0. The second-order valence-corrected chi connectivity index (χ2v) is 9.52. The van der Waals surface area contributed by atoms with Crippen molar-refractivity contribution in [3.05, 3.63) is 0 Å². The first-order valence-corrected chi connectivity index (χ1v) is 9.90. The van der Waals surface area contributed by atoms with Gasteiger partial charge in [0, 0.05) is 12.6 Å². The maximum absolute atomic E-state index is 12.5. The lowest BCUT2D eigenvalue weighted by molar-refractivity contribution is -0.128. The summed E-state index contributed by atoms with van der Waals surface area (Å²) < 4.78 is 28.4. The van der Waals surface area contributed by atoms with Crippen molar-refractivity contribution in [3.8, 4) is 0 Å². The smallest absolute Gasteiger partial charge is 0.410 e. The fourth-order valence-electron chi connectivity index (χ4n) is 2.95. The molecule has 2 aliphatic rings. The SMILES string of the molecule is CC(C)(C)OC(=O)N1CCCC[C@@H]1C(=O)NC1CCS(=O)(=O)C1. The predicted octanol–water partition coefficient (Wildman–Crippen LogP) is 1.08. The van der Waals surface area contributed by atoms with Crippen LogP contribution in [0.3, 0.4) is 0 Å². The quantitative estimate of drug-likeness (QED) is 0.807. The van der Waals surface area contributed by atoms with Crippen LogP contribution in [-0.2, 0) is 19.4 Å². The Hall–Kier alpha value is -1.31. The van der Waals surface area contributed by atoms with Gasteiger partial charge in [0.05, 0.1) is 11.5 Å². The molecule has 23 heavy (non-hydrogen) atoms. The highest BCUT2D eigenvalue weighted by Crippen LogP contribution is 2.21. The van der Waals surface area contributed by atoms with Gasteiger partial charge in [0.15, 0.2) is 9.84 Å². The number of hydrogen-bond donors (Lipinski definition) is 1. The van der Waals surface area contributed by atoms with Gasteiger partial charge in [0.25, 0.3) is 0 Å². The molecular weight excluding hydrogens is 320 g/mol. The lowest BCUT2D eigenvalue weighted by Gasteiger charge is -2.36. The summed E-state index contributed by atoms with van der Waals surface area (Å²) in [5.41, 5.74) is -0.616. The maximum atomic E-state index is 12.5. The zero-order chi connectivity index (χ0) is 17.3. The fraction of sp³-hybridized carbons (Fsp3) is 0.867. The maximum Gasteiger partial charge on any atom is 0.410 e. The molecule has 2 amide bonds. The number of carbonyl (C=O) groups excluding carboxylic acids is 2. The number of likely N-dealkylation sites (tertiary alicyclic amines) is 1. The van der Waals surface area contributed by atoms with E-state index in [0.29, 0.717) is 19.4 Å². The van der Waals surface area contributed by atoms with Crippen molar-refractivity contribution in [3.63, 3.8) is 0 Å². The van der Waals surface area contributed by atoms with E-state index in [1.54, 1.807) is 20.8 Å². The van der Waals surface area contributed by atoms with Gasteiger partial charge < -0.3 is 10.1 Å². The molecule has 0 aromatic heterocycles. The molecule has 0 bridgehead atoms. The molecule has 132 valence electrons. The first kappa shape index (κ1) is 18.0. The van der Waals surface area contributed by atoms with E-state index in [2.05, 4.69) is 5.32 Å². The Morgan fingerprint density at radius 2 is 1.87 bits per heavy atom. The molecule has 0 spiro atoms. The van der Waals surface area contributed by atoms with Gasteiger partial charge in [-0.1, -0.05) is 0 Å². The third-order valence-corrected chi connectivity index (χ3v) is 5.78. The Kier molecular flexibility index (Phi) is 5.23. The molecule has 2 atom stereocenters. The number of piperidine rings is 1. The minimum Gasteiger partial charge on any atom is -0.444 e. The molecule has 0 radical (unpaired) electrons. The van der Waals surface area contributed by atoms with E-state index in [1.165, 1.54) is 4.90 Å². The number of sulfone groups is 1. The van der Waals surface area contributed by atoms with Crippen molar-refractivity contribution in [2.75, 3.05) is 18.1 Å². The summed E-state index contributed by atoms with van der Waals surface area (Å²) in [5.74, 6) is -0.186. The van der Waals surface area contributed by atoms with Crippen molar-refractivity contribution in [1.82, 2.24) is 10.2 Å². The summed E-state index contributed by atoms with van der Waals surface area (Å²) in [6.07, 6.45) is 2.22. The number of nitrogens with one attached hydrogen (secondary N) is 1. The van der Waals surface area contributed by atoms with Crippen LogP contribution < -0.4 is 5.32 Å². The molecule has 7 nitrogen and oxygen atoms in total. The normalized spacial score (nSPS) is 27.5. The van der Waals surface area contributed by atoms with E-state index in [0.717, 1.165) is 12.8 Å². The largest absolute Gasteiger partial charge is 0.444 e. The van der Waals surface area contributed by atoms with Crippen LogP contribution >= 0.6 is 0 Å². The van der Waals surface area contributed by atoms with Gasteiger partial charge >= 0.3 is 6.09 Å². The van der Waals surface area contributed by atoms with Gasteiger partial charge in [0.2, 0.25) is 5.91 Å². The van der Waals surface area contributed by atoms with Crippen LogP contribution in [0.5, 0.6) is 0 Å². The lowest BCUT2D eigenvalue weighted by atomic mass is 10.0. The van der Waals surface area contributed by atoms with Crippen LogP contribution in [-0.4, -0.2) is 61.1 Å². The van der Waals surface area contributed by atoms with E-state index < -0.39 is 27.6 Å². The summed E-state index contributed by atoms with van der Waals surface area (Å²) in [6, 6.07) is -0.934. The van der Waals surface area contributed by atoms with Crippen molar-refractivity contribution in [2.24, 2.45) is 0 Å². The standard InChI is InChI=1S/C15H26N2O5S/c1-15(2,3)22-14(19)17-8-5-4-6-12(17)13(18)16-11-7-9-23(20,21)10-11/h11-12H,4-10H2,1-3H3,(H,16,18)/t11?,12-/m1/s1. The molecule has 1 unspecified atom stereocenters. The van der Waals surface area contributed by atoms with E-state index >= 15 is 0 Å². The van der Waals surface area contributed by atoms with Crippen LogP contribution in [0.25, 0.3) is 0 Å². The van der Waals surface area contributed by atoms with E-state index in [1.807, 2.05) is 0 Å². The average Bonchev–Trinajstić information content (AvgIpc) is 2.76. The minimum absolute atomic E-state index is 0.0160. The second kappa shape index (κ2) is 6.67. The average molecular weight is 346 g/mol. The Morgan fingerprint density at radius 3 is 2.43 bits per heavy atom. The molecule has 8 heteroatoms. The molecule has 2 rings (SSSR count). The number of ether oxygens (including phenoxy) is 1. The lowest BCUT2D eigenvalue weighted by Crippen LogP contribution is -2.54. The van der Waals surface area contributed by atoms with Crippen LogP contribution in [0.4, 0.5) is 4.79 Å². The number of amides is 2. The Bertz CT molecular complexity index is 567. The second-order valence-electron chi connectivity index (χ2n) is 7.29. The highest BCUT2D eigenvalue weighted by molar-refractivity contribution is 7.91. The Labute approximate surface area is 137 Å². The number of hydrogen-bond acceptors (Lipinski definition) is 5. The summed E-state index contributed by atoms with van der Waals surface area (Å²) in [6.45, 7) is 5.84. The third-order valence-electron chi connectivity index (χ3n) is 4.01. The molecule has 0 aliphatic carbocycles. The molecule has 0 saturated carbocycles. The van der Waals surface area contributed by atoms with E-state index in [-0.39, 0.29) is 23.5 Å². The van der Waals surface area contributed by atoms with Gasteiger partial charge in [-0.15, -0.1) is 0 Å². The highest BCUT2D eigenvalue weighted by Gasteiger charge is 2.37. The van der Waals surface area contributed by atoms with Crippen LogP contribution in [0, 0.1) is 0 Å². The molecule has 0 aromatic rings. The molecule has 0 aromatic carbocycles. The van der Waals surface area contributed by atoms with Gasteiger partial charge in [-0.05, 0) is 46.5 Å². The molecule has 2 aliphatic heterocycles. The van der Waals surface area contributed by atoms with Crippen molar-refractivity contribution < 1.29 is 22.7 Å².